The van der Waals surface area contributed by atoms with Crippen LogP contribution in [0.1, 0.15) is 47.7 Å². The number of imidazole rings is 1. The van der Waals surface area contributed by atoms with Gasteiger partial charge < -0.3 is 9.72 Å². The van der Waals surface area contributed by atoms with Gasteiger partial charge in [-0.2, -0.15) is 13.2 Å². The van der Waals surface area contributed by atoms with Crippen LogP contribution in [0.2, 0.25) is 5.02 Å². The van der Waals surface area contributed by atoms with E-state index in [2.05, 4.69) is 10.3 Å². The summed E-state index contributed by atoms with van der Waals surface area (Å²) in [5.74, 6) is -0.950. The molecule has 0 aliphatic rings. The summed E-state index contributed by atoms with van der Waals surface area (Å²) in [5, 5.41) is 3.40. The van der Waals surface area contributed by atoms with Crippen LogP contribution in [0.15, 0.2) is 79.1 Å². The van der Waals surface area contributed by atoms with Crippen molar-refractivity contribution in [3.05, 3.63) is 107 Å². The summed E-state index contributed by atoms with van der Waals surface area (Å²) in [6, 6.07) is 17.7. The first-order valence-corrected chi connectivity index (χ1v) is 10.7. The van der Waals surface area contributed by atoms with Crippen molar-refractivity contribution in [3.8, 4) is 0 Å². The first-order valence-electron chi connectivity index (χ1n) is 10.4. The highest BCUT2D eigenvalue weighted by atomic mass is 35.5. The van der Waals surface area contributed by atoms with Gasteiger partial charge in [-0.05, 0) is 36.2 Å². The van der Waals surface area contributed by atoms with Crippen molar-refractivity contribution in [2.45, 2.75) is 31.5 Å². The Labute approximate surface area is 194 Å². The Hall–Kier alpha value is -3.32. The van der Waals surface area contributed by atoms with E-state index in [9.17, 15) is 18.0 Å². The average molecular weight is 472 g/mol. The number of carbonyl (C=O) groups is 1. The summed E-state index contributed by atoms with van der Waals surface area (Å²) in [5.41, 5.74) is 1.70. The molecule has 33 heavy (non-hydrogen) atoms. The lowest BCUT2D eigenvalue weighted by molar-refractivity contribution is -0.137. The Bertz CT molecular complexity index is 1270. The van der Waals surface area contributed by atoms with E-state index >= 15 is 0 Å². The van der Waals surface area contributed by atoms with E-state index in [4.69, 9.17) is 11.6 Å². The monoisotopic (exact) mass is 471 g/mol. The smallest absolute Gasteiger partial charge is 0.350 e. The molecule has 1 N–H and O–H groups in total. The molecule has 0 bridgehead atoms. The standard InChI is InChI=1S/C25H21ClF3N3O/c1-16(17-6-3-2-4-7-17)31-24(33)13-21(18-8-5-9-19(12-18)25(27,28)29)22-14-30-23-11-10-20(26)15-32(22)23/h2-12,14-16,21H,13H2,1H3,(H,31,33). The molecule has 4 aromatic rings. The predicted octanol–water partition coefficient (Wildman–Crippen LogP) is 6.41. The number of nitrogens with one attached hydrogen (secondary N) is 1. The Balaban J connectivity index is 1.70. The molecule has 4 nitrogen and oxygen atoms in total. The maximum atomic E-state index is 13.4. The quantitative estimate of drug-likeness (QED) is 0.353. The van der Waals surface area contributed by atoms with Crippen molar-refractivity contribution in [2.24, 2.45) is 0 Å². The zero-order valence-electron chi connectivity index (χ0n) is 17.7. The number of nitrogens with zero attached hydrogens (tertiary/aromatic N) is 2. The molecule has 0 saturated carbocycles. The fourth-order valence-electron chi connectivity index (χ4n) is 3.87. The molecular formula is C25H21ClF3N3O. The lowest BCUT2D eigenvalue weighted by atomic mass is 9.90. The molecule has 2 atom stereocenters. The number of fused-ring (bicyclic) bond motifs is 1. The number of rotatable bonds is 6. The van der Waals surface area contributed by atoms with Crippen LogP contribution in [-0.4, -0.2) is 15.3 Å². The van der Waals surface area contributed by atoms with Gasteiger partial charge in [-0.25, -0.2) is 4.98 Å². The Morgan fingerprint density at radius 3 is 2.52 bits per heavy atom. The Morgan fingerprint density at radius 1 is 1.06 bits per heavy atom. The molecular weight excluding hydrogens is 451 g/mol. The van der Waals surface area contributed by atoms with Gasteiger partial charge in [0.05, 0.1) is 22.3 Å². The molecule has 0 aliphatic heterocycles. The third-order valence-corrected chi connectivity index (χ3v) is 5.76. The van der Waals surface area contributed by atoms with Crippen LogP contribution in [0, 0.1) is 0 Å². The first kappa shape index (κ1) is 22.9. The number of pyridine rings is 1. The summed E-state index contributed by atoms with van der Waals surface area (Å²) in [6.07, 6.45) is -1.33. The first-order chi connectivity index (χ1) is 15.7. The average Bonchev–Trinajstić information content (AvgIpc) is 3.20. The summed E-state index contributed by atoms with van der Waals surface area (Å²) < 4.78 is 41.9. The lowest BCUT2D eigenvalue weighted by Gasteiger charge is -2.21. The van der Waals surface area contributed by atoms with Gasteiger partial charge in [-0.3, -0.25) is 4.79 Å². The highest BCUT2D eigenvalue weighted by Gasteiger charge is 2.32. The highest BCUT2D eigenvalue weighted by Crippen LogP contribution is 2.35. The molecule has 170 valence electrons. The molecule has 2 aromatic carbocycles. The fraction of sp³-hybridized carbons (Fsp3) is 0.200. The van der Waals surface area contributed by atoms with E-state index in [0.29, 0.717) is 21.9 Å². The van der Waals surface area contributed by atoms with Crippen molar-refractivity contribution in [2.75, 3.05) is 0 Å². The van der Waals surface area contributed by atoms with Crippen LogP contribution >= 0.6 is 11.6 Å². The molecule has 4 rings (SSSR count). The van der Waals surface area contributed by atoms with Gasteiger partial charge in [0.25, 0.3) is 0 Å². The minimum Gasteiger partial charge on any atom is -0.350 e. The van der Waals surface area contributed by atoms with E-state index < -0.39 is 17.7 Å². The molecule has 2 heterocycles. The number of carbonyl (C=O) groups excluding carboxylic acids is 1. The minimum absolute atomic E-state index is 0.0568. The zero-order valence-corrected chi connectivity index (χ0v) is 18.4. The third-order valence-electron chi connectivity index (χ3n) is 5.54. The molecule has 0 saturated heterocycles. The van der Waals surface area contributed by atoms with Gasteiger partial charge in [0.1, 0.15) is 5.65 Å². The maximum absolute atomic E-state index is 13.4. The lowest BCUT2D eigenvalue weighted by Crippen LogP contribution is -2.28. The molecule has 0 aliphatic carbocycles. The number of benzene rings is 2. The van der Waals surface area contributed by atoms with Crippen molar-refractivity contribution in [1.29, 1.82) is 0 Å². The predicted molar refractivity (Wildman–Crippen MR) is 121 cm³/mol. The van der Waals surface area contributed by atoms with Crippen molar-refractivity contribution < 1.29 is 18.0 Å². The van der Waals surface area contributed by atoms with Crippen molar-refractivity contribution in [3.63, 3.8) is 0 Å². The summed E-state index contributed by atoms with van der Waals surface area (Å²) in [7, 11) is 0. The second-order valence-electron chi connectivity index (χ2n) is 7.84. The zero-order chi connectivity index (χ0) is 23.6. The van der Waals surface area contributed by atoms with E-state index in [1.807, 2.05) is 37.3 Å². The maximum Gasteiger partial charge on any atom is 0.416 e. The van der Waals surface area contributed by atoms with Gasteiger partial charge in [0, 0.05) is 24.7 Å². The van der Waals surface area contributed by atoms with E-state index in [1.54, 1.807) is 35.0 Å². The van der Waals surface area contributed by atoms with Crippen LogP contribution < -0.4 is 5.32 Å². The molecule has 0 spiro atoms. The van der Waals surface area contributed by atoms with E-state index in [-0.39, 0.29) is 18.4 Å². The van der Waals surface area contributed by atoms with Crippen molar-refractivity contribution >= 4 is 23.2 Å². The van der Waals surface area contributed by atoms with Crippen molar-refractivity contribution in [1.82, 2.24) is 14.7 Å². The van der Waals surface area contributed by atoms with Crippen LogP contribution in [0.5, 0.6) is 0 Å². The molecule has 2 aromatic heterocycles. The van der Waals surface area contributed by atoms with Gasteiger partial charge in [0.2, 0.25) is 5.91 Å². The number of hydrogen-bond acceptors (Lipinski definition) is 2. The number of alkyl halides is 3. The van der Waals surface area contributed by atoms with Gasteiger partial charge in [0.15, 0.2) is 0 Å². The topological polar surface area (TPSA) is 46.4 Å². The molecule has 0 fully saturated rings. The highest BCUT2D eigenvalue weighted by molar-refractivity contribution is 6.30. The van der Waals surface area contributed by atoms with Gasteiger partial charge in [-0.1, -0.05) is 60.1 Å². The number of aromatic nitrogens is 2. The minimum atomic E-state index is -4.49. The summed E-state index contributed by atoms with van der Waals surface area (Å²) in [4.78, 5) is 17.3. The Kier molecular flexibility index (Phi) is 6.42. The second kappa shape index (κ2) is 9.27. The van der Waals surface area contributed by atoms with Crippen LogP contribution in [0.4, 0.5) is 13.2 Å². The largest absolute Gasteiger partial charge is 0.416 e. The second-order valence-corrected chi connectivity index (χ2v) is 8.27. The normalized spacial score (nSPS) is 13.6. The third kappa shape index (κ3) is 5.20. The Morgan fingerprint density at radius 2 is 1.79 bits per heavy atom. The van der Waals surface area contributed by atoms with Crippen LogP contribution in [0.25, 0.3) is 5.65 Å². The fourth-order valence-corrected chi connectivity index (χ4v) is 4.03. The molecule has 2 unspecified atom stereocenters. The SMILES string of the molecule is CC(NC(=O)CC(c1cccc(C(F)(F)F)c1)c1cnc2ccc(Cl)cn12)c1ccccc1. The van der Waals surface area contributed by atoms with Crippen LogP contribution in [-0.2, 0) is 11.0 Å². The molecule has 0 radical (unpaired) electrons. The van der Waals surface area contributed by atoms with Gasteiger partial charge >= 0.3 is 6.18 Å². The number of hydrogen-bond donors (Lipinski definition) is 1. The number of halogens is 4. The van der Waals surface area contributed by atoms with Crippen LogP contribution in [0.3, 0.4) is 0 Å². The summed E-state index contributed by atoms with van der Waals surface area (Å²) in [6.45, 7) is 1.86. The molecule has 8 heteroatoms. The van der Waals surface area contributed by atoms with Gasteiger partial charge in [-0.15, -0.1) is 0 Å². The van der Waals surface area contributed by atoms with E-state index in [0.717, 1.165) is 17.7 Å². The number of amides is 1. The summed E-state index contributed by atoms with van der Waals surface area (Å²) >= 11 is 6.15. The molecule has 1 amide bonds. The van der Waals surface area contributed by atoms with E-state index in [1.165, 1.54) is 6.07 Å².